The normalized spacial score (nSPS) is 62.5. The number of ether oxygens (including phenoxy) is 1. The number of nitrogens with one attached hydrogen (secondary N) is 1. The van der Waals surface area contributed by atoms with E-state index < -0.39 is 0 Å². The first kappa shape index (κ1) is 20.5. The van der Waals surface area contributed by atoms with Crippen molar-refractivity contribution in [3.8, 4) is 0 Å². The van der Waals surface area contributed by atoms with Crippen LogP contribution in [-0.2, 0) is 4.74 Å². The predicted molar refractivity (Wildman–Crippen MR) is 120 cm³/mol. The monoisotopic (exact) mass is 415 g/mol. The zero-order valence-electron chi connectivity index (χ0n) is 19.8. The molecule has 3 nitrogen and oxygen atoms in total. The van der Waals surface area contributed by atoms with Crippen LogP contribution >= 0.6 is 0 Å². The van der Waals surface area contributed by atoms with Crippen LogP contribution in [0.15, 0.2) is 0 Å². The van der Waals surface area contributed by atoms with Gasteiger partial charge in [0.1, 0.15) is 5.72 Å². The summed E-state index contributed by atoms with van der Waals surface area (Å²) in [7, 11) is 0. The third-order valence-electron chi connectivity index (χ3n) is 12.1. The minimum atomic E-state index is -0.0320. The van der Waals surface area contributed by atoms with Gasteiger partial charge in [0.25, 0.3) is 0 Å². The molecule has 0 aromatic heterocycles. The number of aliphatic hydroxyl groups is 1. The molecule has 30 heavy (non-hydrogen) atoms. The van der Waals surface area contributed by atoms with Crippen molar-refractivity contribution in [1.29, 1.82) is 0 Å². The Hall–Kier alpha value is -0.120. The van der Waals surface area contributed by atoms with Gasteiger partial charge in [-0.1, -0.05) is 27.7 Å². The van der Waals surface area contributed by atoms with Crippen molar-refractivity contribution in [1.82, 2.24) is 5.32 Å². The Morgan fingerprint density at radius 1 is 0.867 bits per heavy atom. The molecule has 3 heteroatoms. The van der Waals surface area contributed by atoms with Crippen LogP contribution in [0.25, 0.3) is 0 Å². The summed E-state index contributed by atoms with van der Waals surface area (Å²) >= 11 is 0. The fourth-order valence-electron chi connectivity index (χ4n) is 10.4. The molecule has 2 N–H and O–H groups in total. The topological polar surface area (TPSA) is 41.5 Å². The summed E-state index contributed by atoms with van der Waals surface area (Å²) in [6.45, 7) is 11.3. The smallest absolute Gasteiger partial charge is 0.122 e. The molecular weight excluding hydrogens is 370 g/mol. The van der Waals surface area contributed by atoms with E-state index >= 15 is 0 Å². The van der Waals surface area contributed by atoms with Crippen molar-refractivity contribution in [2.24, 2.45) is 52.3 Å². The standard InChI is InChI=1S/C27H45NO2/c1-16-7-12-27(28-15-16)17(2)24-23(30-27)14-22-20-6-5-18-13-19(29)8-10-25(18,3)21(20)9-11-26(22,24)4/h16-24,28-29H,5-15H2,1-4H3/t16-,17+,18?,19+,20-,21+,22+,23+,24+,25+,26+,27-/m0/s1. The molecular formula is C27H45NO2. The summed E-state index contributed by atoms with van der Waals surface area (Å²) in [5.74, 6) is 5.57. The first-order valence-corrected chi connectivity index (χ1v) is 13.4. The molecule has 0 aromatic carbocycles. The van der Waals surface area contributed by atoms with E-state index in [1.54, 1.807) is 0 Å². The highest BCUT2D eigenvalue weighted by atomic mass is 16.5. The molecule has 170 valence electrons. The van der Waals surface area contributed by atoms with Crippen LogP contribution in [-0.4, -0.2) is 29.6 Å². The van der Waals surface area contributed by atoms with Crippen LogP contribution in [0.2, 0.25) is 0 Å². The molecule has 2 heterocycles. The Labute approximate surface area is 184 Å². The van der Waals surface area contributed by atoms with Crippen LogP contribution in [0.5, 0.6) is 0 Å². The van der Waals surface area contributed by atoms with Crippen molar-refractivity contribution < 1.29 is 9.84 Å². The van der Waals surface area contributed by atoms with Gasteiger partial charge in [0.2, 0.25) is 0 Å². The maximum Gasteiger partial charge on any atom is 0.122 e. The molecule has 1 unspecified atom stereocenters. The Kier molecular flexibility index (Phi) is 4.58. The third-order valence-corrected chi connectivity index (χ3v) is 12.1. The molecule has 0 bridgehead atoms. The third kappa shape index (κ3) is 2.61. The lowest BCUT2D eigenvalue weighted by atomic mass is 9.44. The second-order valence-corrected chi connectivity index (χ2v) is 13.3. The van der Waals surface area contributed by atoms with E-state index in [4.69, 9.17) is 4.74 Å². The van der Waals surface area contributed by atoms with Crippen LogP contribution in [0.4, 0.5) is 0 Å². The molecule has 6 fully saturated rings. The average molecular weight is 416 g/mol. The van der Waals surface area contributed by atoms with Crippen LogP contribution in [0.3, 0.4) is 0 Å². The van der Waals surface area contributed by atoms with E-state index in [0.717, 1.165) is 54.9 Å². The van der Waals surface area contributed by atoms with Crippen molar-refractivity contribution in [3.05, 3.63) is 0 Å². The van der Waals surface area contributed by atoms with Crippen LogP contribution in [0.1, 0.15) is 91.9 Å². The lowest BCUT2D eigenvalue weighted by Gasteiger charge is -2.61. The van der Waals surface area contributed by atoms with E-state index in [-0.39, 0.29) is 11.8 Å². The number of hydrogen-bond acceptors (Lipinski definition) is 3. The molecule has 6 aliphatic rings. The second-order valence-electron chi connectivity index (χ2n) is 13.3. The maximum absolute atomic E-state index is 10.3. The Bertz CT molecular complexity index is 686. The van der Waals surface area contributed by atoms with Gasteiger partial charge in [-0.2, -0.15) is 0 Å². The molecule has 12 atom stereocenters. The quantitative estimate of drug-likeness (QED) is 0.559. The van der Waals surface area contributed by atoms with Gasteiger partial charge in [-0.3, -0.25) is 5.32 Å². The summed E-state index contributed by atoms with van der Waals surface area (Å²) in [4.78, 5) is 0. The van der Waals surface area contributed by atoms with Crippen LogP contribution < -0.4 is 5.32 Å². The summed E-state index contributed by atoms with van der Waals surface area (Å²) in [5, 5.41) is 14.2. The van der Waals surface area contributed by atoms with E-state index in [9.17, 15) is 5.11 Å². The predicted octanol–water partition coefficient (Wildman–Crippen LogP) is 5.37. The number of piperidine rings is 1. The lowest BCUT2D eigenvalue weighted by Crippen LogP contribution is -2.57. The van der Waals surface area contributed by atoms with E-state index in [0.29, 0.717) is 22.9 Å². The molecule has 4 saturated carbocycles. The first-order valence-electron chi connectivity index (χ1n) is 13.4. The van der Waals surface area contributed by atoms with Crippen molar-refractivity contribution >= 4 is 0 Å². The lowest BCUT2D eigenvalue weighted by molar-refractivity contribution is -0.140. The number of rotatable bonds is 0. The average Bonchev–Trinajstić information content (AvgIpc) is 3.16. The number of fused-ring (bicyclic) bond motifs is 7. The highest BCUT2D eigenvalue weighted by Gasteiger charge is 2.68. The van der Waals surface area contributed by atoms with E-state index in [1.807, 2.05) is 0 Å². The van der Waals surface area contributed by atoms with Gasteiger partial charge in [0.15, 0.2) is 0 Å². The SMILES string of the molecule is C[C@H]1CC[C@]2(NC1)O[C@@H]1C[C@@H]3[C@H]4CCC5C[C@H](O)CC[C@@]5(C)[C@@H]4CC[C@@]3(C)[C@@H]1[C@H]2C. The van der Waals surface area contributed by atoms with Crippen molar-refractivity contribution in [2.75, 3.05) is 6.54 Å². The Balaban J connectivity index is 1.26. The molecule has 4 aliphatic carbocycles. The van der Waals surface area contributed by atoms with Crippen molar-refractivity contribution in [3.63, 3.8) is 0 Å². The summed E-state index contributed by atoms with van der Waals surface area (Å²) < 4.78 is 7.01. The number of aliphatic hydroxyl groups excluding tert-OH is 1. The molecule has 2 saturated heterocycles. The van der Waals surface area contributed by atoms with Crippen molar-refractivity contribution in [2.45, 2.75) is 110 Å². The highest BCUT2D eigenvalue weighted by Crippen LogP contribution is 2.71. The fraction of sp³-hybridized carbons (Fsp3) is 1.00. The zero-order valence-corrected chi connectivity index (χ0v) is 19.8. The zero-order chi connectivity index (χ0) is 20.9. The Morgan fingerprint density at radius 3 is 2.43 bits per heavy atom. The van der Waals surface area contributed by atoms with Gasteiger partial charge >= 0.3 is 0 Å². The molecule has 1 spiro atoms. The highest BCUT2D eigenvalue weighted by molar-refractivity contribution is 5.16. The van der Waals surface area contributed by atoms with Gasteiger partial charge in [-0.25, -0.2) is 0 Å². The second kappa shape index (κ2) is 6.70. The maximum atomic E-state index is 10.3. The summed E-state index contributed by atoms with van der Waals surface area (Å²) in [5.41, 5.74) is 0.919. The van der Waals surface area contributed by atoms with E-state index in [2.05, 4.69) is 33.0 Å². The van der Waals surface area contributed by atoms with Gasteiger partial charge in [-0.05, 0) is 111 Å². The van der Waals surface area contributed by atoms with Crippen LogP contribution in [0, 0.1) is 52.3 Å². The van der Waals surface area contributed by atoms with Gasteiger partial charge < -0.3 is 9.84 Å². The molecule has 2 aliphatic heterocycles. The number of hydrogen-bond donors (Lipinski definition) is 2. The first-order chi connectivity index (χ1) is 14.3. The molecule has 0 amide bonds. The fourth-order valence-corrected chi connectivity index (χ4v) is 10.4. The molecule has 6 rings (SSSR count). The summed E-state index contributed by atoms with van der Waals surface area (Å²) in [6, 6.07) is 0. The van der Waals surface area contributed by atoms with E-state index in [1.165, 1.54) is 51.4 Å². The van der Waals surface area contributed by atoms with Gasteiger partial charge in [-0.15, -0.1) is 0 Å². The Morgan fingerprint density at radius 2 is 1.67 bits per heavy atom. The summed E-state index contributed by atoms with van der Waals surface area (Å²) in [6.07, 6.45) is 13.2. The van der Waals surface area contributed by atoms with Gasteiger partial charge in [0.05, 0.1) is 12.2 Å². The largest absolute Gasteiger partial charge is 0.393 e. The van der Waals surface area contributed by atoms with Gasteiger partial charge in [0, 0.05) is 12.5 Å². The minimum Gasteiger partial charge on any atom is -0.393 e. The molecule has 0 radical (unpaired) electrons. The molecule has 0 aromatic rings. The minimum absolute atomic E-state index is 0.0319.